The molecule has 0 saturated heterocycles. The molecule has 1 aromatic carbocycles. The third-order valence-corrected chi connectivity index (χ3v) is 3.83. The monoisotopic (exact) mass is 364 g/mol. The number of carbonyl (C=O) groups excluding carboxylic acids is 1. The second-order valence-electron chi connectivity index (χ2n) is 5.31. The van der Waals surface area contributed by atoms with Crippen molar-refractivity contribution in [3.63, 3.8) is 0 Å². The molecule has 0 spiro atoms. The molecule has 0 bridgehead atoms. The van der Waals surface area contributed by atoms with E-state index in [1.807, 2.05) is 6.07 Å². The van der Waals surface area contributed by atoms with E-state index >= 15 is 0 Å². The van der Waals surface area contributed by atoms with Gasteiger partial charge in [-0.25, -0.2) is 4.98 Å². The van der Waals surface area contributed by atoms with Gasteiger partial charge in [0.2, 0.25) is 5.88 Å². The maximum absolute atomic E-state index is 12.5. The molecule has 0 aliphatic heterocycles. The second-order valence-corrected chi connectivity index (χ2v) is 5.75. The number of halogens is 1. The van der Waals surface area contributed by atoms with Gasteiger partial charge in [-0.1, -0.05) is 11.6 Å². The van der Waals surface area contributed by atoms with Crippen LogP contribution in [0.3, 0.4) is 0 Å². The van der Waals surface area contributed by atoms with Crippen molar-refractivity contribution in [3.05, 3.63) is 77.2 Å². The fourth-order valence-corrected chi connectivity index (χ4v) is 2.39. The van der Waals surface area contributed by atoms with E-state index in [9.17, 15) is 4.79 Å². The van der Waals surface area contributed by atoms with E-state index in [1.54, 1.807) is 55.8 Å². The van der Waals surface area contributed by atoms with Crippen LogP contribution in [-0.4, -0.2) is 22.9 Å². The molecule has 0 N–H and O–H groups in total. The summed E-state index contributed by atoms with van der Waals surface area (Å²) in [5.74, 6) is 0.390. The van der Waals surface area contributed by atoms with E-state index in [4.69, 9.17) is 21.6 Å². The predicted octanol–water partition coefficient (Wildman–Crippen LogP) is 4.07. The summed E-state index contributed by atoms with van der Waals surface area (Å²) in [5.41, 5.74) is 1.38. The fraction of sp³-hybridized carbons (Fsp3) is 0.0526. The van der Waals surface area contributed by atoms with Crippen molar-refractivity contribution in [2.24, 2.45) is 0 Å². The van der Waals surface area contributed by atoms with Crippen LogP contribution in [0.15, 0.2) is 61.1 Å². The zero-order chi connectivity index (χ0) is 18.5. The van der Waals surface area contributed by atoms with Crippen molar-refractivity contribution < 1.29 is 9.53 Å². The summed E-state index contributed by atoms with van der Waals surface area (Å²) in [6, 6.07) is 13.5. The van der Waals surface area contributed by atoms with E-state index in [0.29, 0.717) is 27.6 Å². The van der Waals surface area contributed by atoms with Crippen LogP contribution in [0.2, 0.25) is 5.02 Å². The molecule has 0 aliphatic rings. The molecule has 0 unspecified atom stereocenters. The van der Waals surface area contributed by atoms with E-state index in [1.165, 1.54) is 17.2 Å². The molecule has 3 aromatic rings. The second kappa shape index (κ2) is 7.64. The molecule has 2 aromatic heterocycles. The number of pyridine rings is 2. The highest BCUT2D eigenvalue weighted by atomic mass is 35.5. The average molecular weight is 365 g/mol. The third kappa shape index (κ3) is 3.79. The van der Waals surface area contributed by atoms with Gasteiger partial charge in [0.15, 0.2) is 0 Å². The lowest BCUT2D eigenvalue weighted by Crippen LogP contribution is -2.26. The quantitative estimate of drug-likeness (QED) is 0.697. The number of hydrogen-bond acceptors (Lipinski definition) is 5. The summed E-state index contributed by atoms with van der Waals surface area (Å²) in [7, 11) is 1.66. The number of aromatic nitrogens is 2. The fourth-order valence-electron chi connectivity index (χ4n) is 2.22. The Morgan fingerprint density at radius 3 is 2.73 bits per heavy atom. The molecule has 0 fully saturated rings. The number of amides is 1. The van der Waals surface area contributed by atoms with Crippen LogP contribution in [0.5, 0.6) is 11.6 Å². The van der Waals surface area contributed by atoms with Gasteiger partial charge in [0.25, 0.3) is 5.91 Å². The van der Waals surface area contributed by atoms with Crippen molar-refractivity contribution in [2.75, 3.05) is 11.9 Å². The largest absolute Gasteiger partial charge is 0.438 e. The molecular weight excluding hydrogens is 352 g/mol. The van der Waals surface area contributed by atoms with E-state index in [0.717, 1.165) is 0 Å². The first-order valence-electron chi connectivity index (χ1n) is 7.60. The van der Waals surface area contributed by atoms with Crippen molar-refractivity contribution in [3.8, 4) is 17.7 Å². The van der Waals surface area contributed by atoms with Gasteiger partial charge in [-0.3, -0.25) is 9.78 Å². The lowest BCUT2D eigenvalue weighted by molar-refractivity contribution is 0.0992. The molecule has 1 amide bonds. The number of nitriles is 1. The van der Waals surface area contributed by atoms with Gasteiger partial charge in [-0.05, 0) is 36.4 Å². The van der Waals surface area contributed by atoms with E-state index < -0.39 is 0 Å². The molecule has 0 saturated carbocycles. The normalized spacial score (nSPS) is 10.0. The van der Waals surface area contributed by atoms with Crippen LogP contribution >= 0.6 is 11.6 Å². The number of ether oxygens (including phenoxy) is 1. The van der Waals surface area contributed by atoms with Crippen LogP contribution in [-0.2, 0) is 0 Å². The maximum Gasteiger partial charge on any atom is 0.259 e. The minimum absolute atomic E-state index is 0.221. The van der Waals surface area contributed by atoms with Crippen LogP contribution in [0.1, 0.15) is 15.9 Å². The number of nitrogens with zero attached hydrogens (tertiary/aromatic N) is 4. The van der Waals surface area contributed by atoms with Gasteiger partial charge in [0.05, 0.1) is 23.0 Å². The standard InChI is InChI=1S/C19H13ClN4O2/c1-24(16-3-2-8-22-12-16)19(25)13-4-7-18(23-11-13)26-17-6-5-15(20)9-14(17)10-21/h2-9,11-12H,1H3. The SMILES string of the molecule is CN(C(=O)c1ccc(Oc2ccc(Cl)cc2C#N)nc1)c1cccnc1. The van der Waals surface area contributed by atoms with Crippen molar-refractivity contribution in [2.45, 2.75) is 0 Å². The molecule has 7 heteroatoms. The number of carbonyl (C=O) groups is 1. The summed E-state index contributed by atoms with van der Waals surface area (Å²) in [5, 5.41) is 9.59. The first-order valence-corrected chi connectivity index (χ1v) is 7.98. The Morgan fingerprint density at radius 2 is 2.08 bits per heavy atom. The van der Waals surface area contributed by atoms with Gasteiger partial charge >= 0.3 is 0 Å². The van der Waals surface area contributed by atoms with Crippen LogP contribution < -0.4 is 9.64 Å². The molecule has 128 valence electrons. The Balaban J connectivity index is 1.77. The highest BCUT2D eigenvalue weighted by Crippen LogP contribution is 2.26. The molecule has 2 heterocycles. The van der Waals surface area contributed by atoms with Crippen LogP contribution in [0.25, 0.3) is 0 Å². The van der Waals surface area contributed by atoms with Crippen LogP contribution in [0.4, 0.5) is 5.69 Å². The predicted molar refractivity (Wildman–Crippen MR) is 97.4 cm³/mol. The van der Waals surface area contributed by atoms with E-state index in [2.05, 4.69) is 9.97 Å². The lowest BCUT2D eigenvalue weighted by Gasteiger charge is -2.16. The Bertz CT molecular complexity index is 969. The van der Waals surface area contributed by atoms with Gasteiger partial charge < -0.3 is 9.64 Å². The summed E-state index contributed by atoms with van der Waals surface area (Å²) in [4.78, 5) is 22.1. The van der Waals surface area contributed by atoms with Crippen molar-refractivity contribution in [1.82, 2.24) is 9.97 Å². The Morgan fingerprint density at radius 1 is 1.23 bits per heavy atom. The van der Waals surface area contributed by atoms with Crippen molar-refractivity contribution >= 4 is 23.2 Å². The van der Waals surface area contributed by atoms with Crippen LogP contribution in [0, 0.1) is 11.3 Å². The first kappa shape index (κ1) is 17.4. The molecule has 6 nitrogen and oxygen atoms in total. The zero-order valence-corrected chi connectivity index (χ0v) is 14.5. The summed E-state index contributed by atoms with van der Waals surface area (Å²) in [6.07, 6.45) is 4.67. The number of anilines is 1. The lowest BCUT2D eigenvalue weighted by atomic mass is 10.2. The zero-order valence-electron chi connectivity index (χ0n) is 13.8. The van der Waals surface area contributed by atoms with Gasteiger partial charge in [0, 0.05) is 30.5 Å². The third-order valence-electron chi connectivity index (χ3n) is 3.60. The maximum atomic E-state index is 12.5. The number of benzene rings is 1. The Kier molecular flexibility index (Phi) is 5.11. The molecular formula is C19H13ClN4O2. The molecule has 0 atom stereocenters. The molecule has 26 heavy (non-hydrogen) atoms. The summed E-state index contributed by atoms with van der Waals surface area (Å²) < 4.78 is 5.61. The number of hydrogen-bond donors (Lipinski definition) is 0. The highest BCUT2D eigenvalue weighted by molar-refractivity contribution is 6.30. The molecule has 3 rings (SSSR count). The topological polar surface area (TPSA) is 79.1 Å². The minimum atomic E-state index is -0.221. The van der Waals surface area contributed by atoms with Crippen molar-refractivity contribution in [1.29, 1.82) is 5.26 Å². The van der Waals surface area contributed by atoms with Gasteiger partial charge in [-0.2, -0.15) is 5.26 Å². The first-order chi connectivity index (χ1) is 12.6. The van der Waals surface area contributed by atoms with E-state index in [-0.39, 0.29) is 11.8 Å². The van der Waals surface area contributed by atoms with Gasteiger partial charge in [-0.15, -0.1) is 0 Å². The van der Waals surface area contributed by atoms with Gasteiger partial charge in [0.1, 0.15) is 11.8 Å². The average Bonchev–Trinajstić information content (AvgIpc) is 2.69. The number of rotatable bonds is 4. The Labute approximate surface area is 155 Å². The summed E-state index contributed by atoms with van der Waals surface area (Å²) in [6.45, 7) is 0. The minimum Gasteiger partial charge on any atom is -0.438 e. The highest BCUT2D eigenvalue weighted by Gasteiger charge is 2.14. The molecule has 0 aliphatic carbocycles. The summed E-state index contributed by atoms with van der Waals surface area (Å²) >= 11 is 5.87. The molecule has 0 radical (unpaired) electrons. The Hall–Kier alpha value is -3.43. The smallest absolute Gasteiger partial charge is 0.259 e.